The molecule has 1 N–H and O–H groups in total. The van der Waals surface area contributed by atoms with Crippen LogP contribution in [-0.4, -0.2) is 40.1 Å². The number of benzene rings is 1. The molecule has 1 aliphatic rings. The van der Waals surface area contributed by atoms with E-state index in [0.29, 0.717) is 11.5 Å². The molecule has 2 rings (SSSR count). The molecule has 1 saturated heterocycles. The normalized spacial score (nSPS) is 17.3. The summed E-state index contributed by atoms with van der Waals surface area (Å²) in [6, 6.07) is 3.83. The molecule has 0 radical (unpaired) electrons. The Balaban J connectivity index is 2.14. The molecular weight excluding hydrogens is 270 g/mol. The molecule has 118 valence electrons. The van der Waals surface area contributed by atoms with E-state index in [4.69, 9.17) is 18.9 Å². The predicted octanol–water partition coefficient (Wildman–Crippen LogP) is 2.37. The smallest absolute Gasteiger partial charge is 0.164 e. The topological polar surface area (TPSA) is 49.0 Å². The third kappa shape index (κ3) is 3.80. The molecule has 1 aromatic rings. The first-order chi connectivity index (χ1) is 10.1. The maximum Gasteiger partial charge on any atom is 0.164 e. The lowest BCUT2D eigenvalue weighted by molar-refractivity contribution is 0.0445. The van der Waals surface area contributed by atoms with Gasteiger partial charge in [0.25, 0.3) is 0 Å². The molecule has 21 heavy (non-hydrogen) atoms. The van der Waals surface area contributed by atoms with Gasteiger partial charge in [-0.1, -0.05) is 0 Å². The van der Waals surface area contributed by atoms with Crippen molar-refractivity contribution in [2.75, 3.05) is 34.5 Å². The van der Waals surface area contributed by atoms with Crippen molar-refractivity contribution >= 4 is 0 Å². The number of rotatable bonds is 6. The zero-order valence-electron chi connectivity index (χ0n) is 13.3. The molecule has 1 fully saturated rings. The summed E-state index contributed by atoms with van der Waals surface area (Å²) in [4.78, 5) is 0. The van der Waals surface area contributed by atoms with Crippen LogP contribution >= 0.6 is 0 Å². The maximum absolute atomic E-state index is 5.46. The van der Waals surface area contributed by atoms with Crippen LogP contribution in [0.5, 0.6) is 17.2 Å². The second kappa shape index (κ2) is 7.00. The van der Waals surface area contributed by atoms with Gasteiger partial charge >= 0.3 is 0 Å². The minimum atomic E-state index is 0.108. The molecule has 0 aromatic heterocycles. The molecule has 1 aliphatic heterocycles. The van der Waals surface area contributed by atoms with Gasteiger partial charge in [0.15, 0.2) is 11.5 Å². The monoisotopic (exact) mass is 295 g/mol. The van der Waals surface area contributed by atoms with Crippen molar-refractivity contribution in [2.24, 2.45) is 0 Å². The number of methoxy groups -OCH3 is 3. The summed E-state index contributed by atoms with van der Waals surface area (Å²) >= 11 is 0. The molecule has 0 amide bonds. The van der Waals surface area contributed by atoms with Crippen molar-refractivity contribution in [2.45, 2.75) is 31.8 Å². The first-order valence-electron chi connectivity index (χ1n) is 7.23. The average Bonchev–Trinajstić information content (AvgIpc) is 2.52. The molecular formula is C16H25NO4. The Morgan fingerprint density at radius 2 is 1.57 bits per heavy atom. The van der Waals surface area contributed by atoms with E-state index in [0.717, 1.165) is 43.9 Å². The third-order valence-corrected chi connectivity index (χ3v) is 4.09. The number of ether oxygens (including phenoxy) is 4. The molecule has 0 unspecified atom stereocenters. The average molecular weight is 295 g/mol. The number of hydrogen-bond acceptors (Lipinski definition) is 5. The van der Waals surface area contributed by atoms with Gasteiger partial charge in [-0.05, 0) is 25.8 Å². The van der Waals surface area contributed by atoms with Crippen molar-refractivity contribution in [3.63, 3.8) is 0 Å². The van der Waals surface area contributed by atoms with Crippen molar-refractivity contribution in [3.8, 4) is 17.2 Å². The fourth-order valence-corrected chi connectivity index (χ4v) is 2.54. The largest absolute Gasteiger partial charge is 0.496 e. The van der Waals surface area contributed by atoms with E-state index in [1.807, 2.05) is 12.1 Å². The van der Waals surface area contributed by atoms with Gasteiger partial charge in [-0.2, -0.15) is 0 Å². The summed E-state index contributed by atoms with van der Waals surface area (Å²) in [7, 11) is 4.93. The van der Waals surface area contributed by atoms with Crippen LogP contribution in [-0.2, 0) is 11.3 Å². The van der Waals surface area contributed by atoms with E-state index in [2.05, 4.69) is 12.2 Å². The molecule has 0 atom stereocenters. The Labute approximate surface area is 126 Å². The maximum atomic E-state index is 5.46. The summed E-state index contributed by atoms with van der Waals surface area (Å²) in [5, 5.41) is 3.62. The summed E-state index contributed by atoms with van der Waals surface area (Å²) in [5.41, 5.74) is 1.17. The summed E-state index contributed by atoms with van der Waals surface area (Å²) < 4.78 is 21.6. The highest BCUT2D eigenvalue weighted by molar-refractivity contribution is 5.50. The first kappa shape index (κ1) is 15.9. The fourth-order valence-electron chi connectivity index (χ4n) is 2.54. The molecule has 0 aliphatic carbocycles. The summed E-state index contributed by atoms with van der Waals surface area (Å²) in [5.74, 6) is 2.19. The van der Waals surface area contributed by atoms with E-state index >= 15 is 0 Å². The number of nitrogens with one attached hydrogen (secondary N) is 1. The molecule has 5 heteroatoms. The van der Waals surface area contributed by atoms with Crippen LogP contribution in [0.1, 0.15) is 25.3 Å². The van der Waals surface area contributed by atoms with Crippen LogP contribution in [0.25, 0.3) is 0 Å². The van der Waals surface area contributed by atoms with Gasteiger partial charge in [0, 0.05) is 36.9 Å². The Hall–Kier alpha value is -1.46. The SMILES string of the molecule is COc1cc(OC)c(OC)cc1CNC1(C)CCOCC1. The molecule has 0 saturated carbocycles. The third-order valence-electron chi connectivity index (χ3n) is 4.09. The summed E-state index contributed by atoms with van der Waals surface area (Å²) in [6.07, 6.45) is 2.03. The Morgan fingerprint density at radius 1 is 1.00 bits per heavy atom. The van der Waals surface area contributed by atoms with E-state index in [9.17, 15) is 0 Å². The Morgan fingerprint density at radius 3 is 2.14 bits per heavy atom. The highest BCUT2D eigenvalue weighted by atomic mass is 16.5. The van der Waals surface area contributed by atoms with Crippen molar-refractivity contribution in [1.82, 2.24) is 5.32 Å². The standard InChI is InChI=1S/C16H25NO4/c1-16(5-7-21-8-6-16)17-11-12-9-14(19-3)15(20-4)10-13(12)18-2/h9-10,17H,5-8,11H2,1-4H3. The fraction of sp³-hybridized carbons (Fsp3) is 0.625. The first-order valence-corrected chi connectivity index (χ1v) is 7.23. The molecule has 0 spiro atoms. The predicted molar refractivity (Wildman–Crippen MR) is 81.4 cm³/mol. The second-order valence-electron chi connectivity index (χ2n) is 5.55. The highest BCUT2D eigenvalue weighted by Crippen LogP contribution is 2.35. The van der Waals surface area contributed by atoms with E-state index in [-0.39, 0.29) is 5.54 Å². The zero-order chi connectivity index (χ0) is 15.3. The van der Waals surface area contributed by atoms with Gasteiger partial charge in [-0.15, -0.1) is 0 Å². The molecule has 1 heterocycles. The number of hydrogen-bond donors (Lipinski definition) is 1. The highest BCUT2D eigenvalue weighted by Gasteiger charge is 2.27. The van der Waals surface area contributed by atoms with Gasteiger partial charge in [0.1, 0.15) is 5.75 Å². The van der Waals surface area contributed by atoms with E-state index in [1.165, 1.54) is 0 Å². The van der Waals surface area contributed by atoms with Crippen LogP contribution < -0.4 is 19.5 Å². The van der Waals surface area contributed by atoms with Crippen LogP contribution in [0.15, 0.2) is 12.1 Å². The van der Waals surface area contributed by atoms with Crippen LogP contribution in [0.3, 0.4) is 0 Å². The van der Waals surface area contributed by atoms with Gasteiger partial charge in [-0.3, -0.25) is 0 Å². The Kier molecular flexibility index (Phi) is 5.31. The molecule has 1 aromatic carbocycles. The van der Waals surface area contributed by atoms with Crippen molar-refractivity contribution < 1.29 is 18.9 Å². The molecule has 0 bridgehead atoms. The van der Waals surface area contributed by atoms with Gasteiger partial charge in [0.2, 0.25) is 0 Å². The van der Waals surface area contributed by atoms with Gasteiger partial charge in [0.05, 0.1) is 21.3 Å². The zero-order valence-corrected chi connectivity index (χ0v) is 13.3. The van der Waals surface area contributed by atoms with E-state index in [1.54, 1.807) is 21.3 Å². The van der Waals surface area contributed by atoms with Gasteiger partial charge in [-0.25, -0.2) is 0 Å². The minimum absolute atomic E-state index is 0.108. The van der Waals surface area contributed by atoms with E-state index < -0.39 is 0 Å². The van der Waals surface area contributed by atoms with Crippen LogP contribution in [0, 0.1) is 0 Å². The Bertz CT molecular complexity index is 470. The lowest BCUT2D eigenvalue weighted by Crippen LogP contribution is -2.46. The van der Waals surface area contributed by atoms with Crippen molar-refractivity contribution in [3.05, 3.63) is 17.7 Å². The lowest BCUT2D eigenvalue weighted by atomic mass is 9.92. The summed E-state index contributed by atoms with van der Waals surface area (Å²) in [6.45, 7) is 4.59. The second-order valence-corrected chi connectivity index (χ2v) is 5.55. The van der Waals surface area contributed by atoms with Gasteiger partial charge < -0.3 is 24.3 Å². The molecule has 5 nitrogen and oxygen atoms in total. The van der Waals surface area contributed by atoms with Crippen LogP contribution in [0.4, 0.5) is 0 Å². The lowest BCUT2D eigenvalue weighted by Gasteiger charge is -2.35. The quantitative estimate of drug-likeness (QED) is 0.873. The van der Waals surface area contributed by atoms with Crippen molar-refractivity contribution in [1.29, 1.82) is 0 Å². The minimum Gasteiger partial charge on any atom is -0.496 e. The van der Waals surface area contributed by atoms with Crippen LogP contribution in [0.2, 0.25) is 0 Å².